The van der Waals surface area contributed by atoms with Gasteiger partial charge < -0.3 is 15.4 Å². The smallest absolute Gasteiger partial charge is 0.253 e. The van der Waals surface area contributed by atoms with Crippen LogP contribution in [0.15, 0.2) is 72.8 Å². The van der Waals surface area contributed by atoms with Gasteiger partial charge in [-0.05, 0) is 42.8 Å². The third-order valence-corrected chi connectivity index (χ3v) is 6.64. The van der Waals surface area contributed by atoms with Crippen molar-refractivity contribution in [2.45, 2.75) is 13.0 Å². The molecule has 35 heavy (non-hydrogen) atoms. The molecule has 0 bridgehead atoms. The van der Waals surface area contributed by atoms with Gasteiger partial charge in [0.25, 0.3) is 5.91 Å². The van der Waals surface area contributed by atoms with E-state index in [0.29, 0.717) is 5.75 Å². The molecular weight excluding hydrogens is 490 g/mol. The Bertz CT molecular complexity index is 1320. The number of benzene rings is 3. The molecule has 3 aromatic rings. The molecule has 0 saturated heterocycles. The summed E-state index contributed by atoms with van der Waals surface area (Å²) >= 11 is 6.14. The summed E-state index contributed by atoms with van der Waals surface area (Å²) in [5.41, 5.74) is 1.65. The highest BCUT2D eigenvalue weighted by Crippen LogP contribution is 2.30. The Kier molecular flexibility index (Phi) is 8.37. The lowest BCUT2D eigenvalue weighted by atomic mass is 10.1. The van der Waals surface area contributed by atoms with Gasteiger partial charge in [0, 0.05) is 0 Å². The van der Waals surface area contributed by atoms with Crippen molar-refractivity contribution in [3.05, 3.63) is 88.9 Å². The maximum Gasteiger partial charge on any atom is 0.253 e. The monoisotopic (exact) mass is 515 g/mol. The molecule has 2 N–H and O–H groups in total. The van der Waals surface area contributed by atoms with Crippen LogP contribution in [0.5, 0.6) is 5.75 Å². The number of halogens is 1. The summed E-state index contributed by atoms with van der Waals surface area (Å²) in [5, 5.41) is 5.76. The molecule has 0 spiro atoms. The van der Waals surface area contributed by atoms with Crippen LogP contribution in [0.3, 0.4) is 0 Å². The number of methoxy groups -OCH3 is 1. The number of carbonyl (C=O) groups is 2. The number of ether oxygens (including phenoxy) is 1. The molecule has 3 rings (SSSR count). The molecule has 0 heterocycles. The number of rotatable bonds is 9. The van der Waals surface area contributed by atoms with E-state index in [1.54, 1.807) is 24.3 Å². The van der Waals surface area contributed by atoms with E-state index < -0.39 is 22.5 Å². The van der Waals surface area contributed by atoms with Crippen LogP contribution >= 0.6 is 11.6 Å². The van der Waals surface area contributed by atoms with Gasteiger partial charge in [-0.2, -0.15) is 0 Å². The summed E-state index contributed by atoms with van der Waals surface area (Å²) in [6.07, 6.45) is 0.991. The molecule has 0 saturated carbocycles. The highest BCUT2D eigenvalue weighted by Gasteiger charge is 2.23. The van der Waals surface area contributed by atoms with Gasteiger partial charge >= 0.3 is 0 Å². The first-order valence-electron chi connectivity index (χ1n) is 10.7. The van der Waals surface area contributed by atoms with Gasteiger partial charge in [-0.15, -0.1) is 0 Å². The Morgan fingerprint density at radius 3 is 2.31 bits per heavy atom. The zero-order chi connectivity index (χ0) is 25.6. The minimum absolute atomic E-state index is 0.202. The van der Waals surface area contributed by atoms with Gasteiger partial charge in [0.15, 0.2) is 0 Å². The molecule has 3 aromatic carbocycles. The van der Waals surface area contributed by atoms with Crippen LogP contribution in [0.4, 0.5) is 11.4 Å². The van der Waals surface area contributed by atoms with Gasteiger partial charge in [-0.1, -0.05) is 54.1 Å². The molecule has 0 aliphatic carbocycles. The summed E-state index contributed by atoms with van der Waals surface area (Å²) in [5.74, 6) is -0.629. The molecule has 184 valence electrons. The number of para-hydroxylation sites is 1. The summed E-state index contributed by atoms with van der Waals surface area (Å²) in [6.45, 7) is 1.34. The Balaban J connectivity index is 1.78. The van der Waals surface area contributed by atoms with E-state index in [0.717, 1.165) is 16.1 Å². The van der Waals surface area contributed by atoms with Gasteiger partial charge in [-0.25, -0.2) is 8.42 Å². The first-order chi connectivity index (χ1) is 16.6. The van der Waals surface area contributed by atoms with Crippen LogP contribution in [0.25, 0.3) is 0 Å². The van der Waals surface area contributed by atoms with Crippen LogP contribution in [0, 0.1) is 0 Å². The second kappa shape index (κ2) is 11.2. The van der Waals surface area contributed by atoms with E-state index in [1.807, 2.05) is 37.3 Å². The first kappa shape index (κ1) is 26.1. The second-order valence-electron chi connectivity index (χ2n) is 7.79. The van der Waals surface area contributed by atoms with Gasteiger partial charge in [-0.3, -0.25) is 13.9 Å². The van der Waals surface area contributed by atoms with Crippen LogP contribution in [0.1, 0.15) is 28.9 Å². The number of nitrogens with one attached hydrogen (secondary N) is 2. The second-order valence-corrected chi connectivity index (χ2v) is 10.1. The first-order valence-corrected chi connectivity index (χ1v) is 12.9. The van der Waals surface area contributed by atoms with E-state index >= 15 is 0 Å². The maximum absolute atomic E-state index is 12.9. The van der Waals surface area contributed by atoms with Crippen molar-refractivity contribution in [1.82, 2.24) is 5.32 Å². The fraction of sp³-hybridized carbons (Fsp3) is 0.200. The van der Waals surface area contributed by atoms with E-state index in [4.69, 9.17) is 16.3 Å². The lowest BCUT2D eigenvalue weighted by molar-refractivity contribution is -0.114. The third-order valence-electron chi connectivity index (χ3n) is 5.20. The Labute approximate surface area is 209 Å². The molecule has 8 nitrogen and oxygen atoms in total. The van der Waals surface area contributed by atoms with Crippen molar-refractivity contribution in [3.8, 4) is 5.75 Å². The zero-order valence-electron chi connectivity index (χ0n) is 19.5. The number of anilines is 2. The minimum atomic E-state index is -3.82. The van der Waals surface area contributed by atoms with E-state index in [9.17, 15) is 18.0 Å². The Morgan fingerprint density at radius 2 is 1.69 bits per heavy atom. The number of hydrogen-bond donors (Lipinski definition) is 2. The van der Waals surface area contributed by atoms with Crippen LogP contribution < -0.4 is 19.7 Å². The van der Waals surface area contributed by atoms with Crippen molar-refractivity contribution < 1.29 is 22.7 Å². The standard InChI is InChI=1S/C25H26ClN3O5S/c1-17(18-9-5-4-6-10-18)27-25(31)20-11-7-8-12-22(20)28-24(30)16-29(35(3,32)33)19-13-14-23(34-2)21(26)15-19/h4-15,17H,16H2,1-3H3,(H,27,31)(H,28,30). The SMILES string of the molecule is COc1ccc(N(CC(=O)Nc2ccccc2C(=O)NC(C)c2ccccc2)S(C)(=O)=O)cc1Cl. The lowest BCUT2D eigenvalue weighted by Gasteiger charge is -2.23. The molecule has 0 aliphatic rings. The summed E-state index contributed by atoms with van der Waals surface area (Å²) in [6, 6.07) is 20.1. The third kappa shape index (κ3) is 6.74. The predicted octanol–water partition coefficient (Wildman–Crippen LogP) is 4.24. The van der Waals surface area contributed by atoms with Gasteiger partial charge in [0.1, 0.15) is 12.3 Å². The fourth-order valence-electron chi connectivity index (χ4n) is 3.42. The van der Waals surface area contributed by atoms with Crippen molar-refractivity contribution >= 4 is 44.8 Å². The van der Waals surface area contributed by atoms with Crippen molar-refractivity contribution in [2.24, 2.45) is 0 Å². The molecule has 10 heteroatoms. The van der Waals surface area contributed by atoms with E-state index in [1.165, 1.54) is 25.3 Å². The van der Waals surface area contributed by atoms with Gasteiger partial charge in [0.05, 0.1) is 41.4 Å². The summed E-state index contributed by atoms with van der Waals surface area (Å²) in [7, 11) is -2.38. The maximum atomic E-state index is 12.9. The molecular formula is C25H26ClN3O5S. The lowest BCUT2D eigenvalue weighted by Crippen LogP contribution is -2.37. The largest absolute Gasteiger partial charge is 0.495 e. The number of carbonyl (C=O) groups excluding carboxylic acids is 2. The van der Waals surface area contributed by atoms with Crippen LogP contribution in [-0.4, -0.2) is 40.1 Å². The van der Waals surface area contributed by atoms with Crippen LogP contribution in [0.2, 0.25) is 5.02 Å². The van der Waals surface area contributed by atoms with E-state index in [2.05, 4.69) is 10.6 Å². The van der Waals surface area contributed by atoms with E-state index in [-0.39, 0.29) is 33.9 Å². The fourth-order valence-corrected chi connectivity index (χ4v) is 4.52. The molecule has 1 unspecified atom stereocenters. The Morgan fingerprint density at radius 1 is 1.03 bits per heavy atom. The number of nitrogens with zero attached hydrogens (tertiary/aromatic N) is 1. The molecule has 0 radical (unpaired) electrons. The average molecular weight is 516 g/mol. The Hall–Kier alpha value is -3.56. The average Bonchev–Trinajstić information content (AvgIpc) is 2.82. The van der Waals surface area contributed by atoms with Crippen molar-refractivity contribution in [2.75, 3.05) is 29.5 Å². The van der Waals surface area contributed by atoms with Crippen molar-refractivity contribution in [1.29, 1.82) is 0 Å². The zero-order valence-corrected chi connectivity index (χ0v) is 21.1. The quantitative estimate of drug-likeness (QED) is 0.443. The number of sulfonamides is 1. The minimum Gasteiger partial charge on any atom is -0.495 e. The number of hydrogen-bond acceptors (Lipinski definition) is 5. The molecule has 0 aromatic heterocycles. The summed E-state index contributed by atoms with van der Waals surface area (Å²) in [4.78, 5) is 25.8. The van der Waals surface area contributed by atoms with Crippen molar-refractivity contribution in [3.63, 3.8) is 0 Å². The topological polar surface area (TPSA) is 105 Å². The predicted molar refractivity (Wildman–Crippen MR) is 138 cm³/mol. The summed E-state index contributed by atoms with van der Waals surface area (Å²) < 4.78 is 30.9. The van der Waals surface area contributed by atoms with Crippen LogP contribution in [-0.2, 0) is 14.8 Å². The normalized spacial score (nSPS) is 11.9. The van der Waals surface area contributed by atoms with Gasteiger partial charge in [0.2, 0.25) is 15.9 Å². The molecule has 1 atom stereocenters. The number of amides is 2. The molecule has 0 aliphatic heterocycles. The molecule has 0 fully saturated rings. The highest BCUT2D eigenvalue weighted by atomic mass is 35.5. The molecule has 2 amide bonds. The highest BCUT2D eigenvalue weighted by molar-refractivity contribution is 7.92.